The smallest absolute Gasteiger partial charge is 0.321 e. The van der Waals surface area contributed by atoms with Crippen LogP contribution in [0.15, 0.2) is 0 Å². The maximum Gasteiger partial charge on any atom is 0.321 e. The Kier molecular flexibility index (Phi) is 3.59. The van der Waals surface area contributed by atoms with Gasteiger partial charge in [0.25, 0.3) is 0 Å². The molecule has 0 aromatic heterocycles. The van der Waals surface area contributed by atoms with Crippen LogP contribution < -0.4 is 0 Å². The molecule has 19 heavy (non-hydrogen) atoms. The molecule has 1 saturated heterocycles. The lowest BCUT2D eigenvalue weighted by molar-refractivity contribution is -0.145. The van der Waals surface area contributed by atoms with Crippen LogP contribution in [0.4, 0.5) is 0 Å². The molecule has 3 fully saturated rings. The van der Waals surface area contributed by atoms with Gasteiger partial charge in [0.15, 0.2) is 0 Å². The molecule has 0 radical (unpaired) electrons. The van der Waals surface area contributed by atoms with E-state index < -0.39 is 5.97 Å². The second kappa shape index (κ2) is 5.08. The van der Waals surface area contributed by atoms with Gasteiger partial charge in [0, 0.05) is 12.6 Å². The molecule has 1 aliphatic heterocycles. The third kappa shape index (κ3) is 2.42. The lowest BCUT2D eigenvalue weighted by atomic mass is 9.79. The first kappa shape index (κ1) is 13.4. The number of aliphatic carboxylic acids is 1. The van der Waals surface area contributed by atoms with Crippen LogP contribution in [-0.4, -0.2) is 34.6 Å². The molecule has 3 aliphatic rings. The summed E-state index contributed by atoms with van der Waals surface area (Å²) in [6.45, 7) is 5.70. The van der Waals surface area contributed by atoms with Gasteiger partial charge in [-0.2, -0.15) is 0 Å². The fraction of sp³-hybridized carbons (Fsp3) is 0.938. The highest BCUT2D eigenvalue weighted by Crippen LogP contribution is 2.45. The van der Waals surface area contributed by atoms with Gasteiger partial charge < -0.3 is 5.11 Å². The first-order chi connectivity index (χ1) is 9.06. The van der Waals surface area contributed by atoms with E-state index in [-0.39, 0.29) is 6.04 Å². The van der Waals surface area contributed by atoms with Crippen molar-refractivity contribution in [3.63, 3.8) is 0 Å². The van der Waals surface area contributed by atoms with E-state index in [4.69, 9.17) is 0 Å². The zero-order valence-electron chi connectivity index (χ0n) is 12.2. The summed E-state index contributed by atoms with van der Waals surface area (Å²) in [5, 5.41) is 9.65. The van der Waals surface area contributed by atoms with Crippen LogP contribution in [0.5, 0.6) is 0 Å². The van der Waals surface area contributed by atoms with Gasteiger partial charge in [-0.05, 0) is 55.8 Å². The van der Waals surface area contributed by atoms with Crippen molar-refractivity contribution >= 4 is 5.97 Å². The largest absolute Gasteiger partial charge is 0.480 e. The van der Waals surface area contributed by atoms with Crippen molar-refractivity contribution in [2.24, 2.45) is 23.7 Å². The van der Waals surface area contributed by atoms with Crippen LogP contribution in [-0.2, 0) is 4.79 Å². The number of hydrogen-bond acceptors (Lipinski definition) is 2. The Labute approximate surface area is 116 Å². The number of rotatable bonds is 2. The lowest BCUT2D eigenvalue weighted by Gasteiger charge is -2.39. The maximum absolute atomic E-state index is 11.7. The Bertz CT molecular complexity index is 347. The summed E-state index contributed by atoms with van der Waals surface area (Å²) in [6, 6.07) is 0.334. The van der Waals surface area contributed by atoms with Gasteiger partial charge in [0.1, 0.15) is 6.04 Å². The van der Waals surface area contributed by atoms with Crippen LogP contribution >= 0.6 is 0 Å². The van der Waals surface area contributed by atoms with Gasteiger partial charge in [-0.1, -0.05) is 20.3 Å². The van der Waals surface area contributed by atoms with Gasteiger partial charge in [-0.3, -0.25) is 9.69 Å². The Morgan fingerprint density at radius 2 is 1.79 bits per heavy atom. The maximum atomic E-state index is 11.7. The number of likely N-dealkylation sites (tertiary alicyclic amines) is 1. The normalized spacial score (nSPS) is 47.3. The van der Waals surface area contributed by atoms with E-state index in [9.17, 15) is 9.90 Å². The van der Waals surface area contributed by atoms with Crippen molar-refractivity contribution in [1.29, 1.82) is 0 Å². The average molecular weight is 265 g/mol. The Hall–Kier alpha value is -0.570. The molecule has 0 spiro atoms. The van der Waals surface area contributed by atoms with E-state index in [0.717, 1.165) is 24.8 Å². The quantitative estimate of drug-likeness (QED) is 0.834. The first-order valence-corrected chi connectivity index (χ1v) is 8.04. The summed E-state index contributed by atoms with van der Waals surface area (Å²) in [7, 11) is 0. The van der Waals surface area contributed by atoms with E-state index in [2.05, 4.69) is 18.7 Å². The third-order valence-corrected chi connectivity index (χ3v) is 5.80. The van der Waals surface area contributed by atoms with E-state index in [1.165, 1.54) is 32.1 Å². The molecule has 2 saturated carbocycles. The minimum Gasteiger partial charge on any atom is -0.480 e. The van der Waals surface area contributed by atoms with E-state index in [0.29, 0.717) is 17.9 Å². The van der Waals surface area contributed by atoms with Crippen molar-refractivity contribution in [3.05, 3.63) is 0 Å². The number of nitrogens with zero attached hydrogens (tertiary/aromatic N) is 1. The van der Waals surface area contributed by atoms with Crippen molar-refractivity contribution in [2.45, 2.75) is 64.5 Å². The molecule has 5 atom stereocenters. The number of hydrogen-bond donors (Lipinski definition) is 1. The second-order valence-electron chi connectivity index (χ2n) is 7.41. The zero-order chi connectivity index (χ0) is 13.6. The zero-order valence-corrected chi connectivity index (χ0v) is 12.2. The van der Waals surface area contributed by atoms with Crippen LogP contribution in [0.3, 0.4) is 0 Å². The summed E-state index contributed by atoms with van der Waals surface area (Å²) in [6.07, 6.45) is 7.35. The van der Waals surface area contributed by atoms with E-state index in [1.807, 2.05) is 0 Å². The molecular formula is C16H27NO2. The highest BCUT2D eigenvalue weighted by molar-refractivity contribution is 5.74. The third-order valence-electron chi connectivity index (χ3n) is 5.80. The van der Waals surface area contributed by atoms with Crippen LogP contribution in [0.1, 0.15) is 52.4 Å². The Morgan fingerprint density at radius 1 is 1.11 bits per heavy atom. The van der Waals surface area contributed by atoms with Gasteiger partial charge in [0.2, 0.25) is 0 Å². The molecular weight excluding hydrogens is 238 g/mol. The molecule has 1 N–H and O–H groups in total. The number of carboxylic acids is 1. The monoisotopic (exact) mass is 265 g/mol. The number of carboxylic acid groups (broad SMARTS) is 1. The summed E-state index contributed by atoms with van der Waals surface area (Å²) in [5.41, 5.74) is 0. The minimum atomic E-state index is -0.569. The van der Waals surface area contributed by atoms with Crippen LogP contribution in [0.2, 0.25) is 0 Å². The fourth-order valence-electron chi connectivity index (χ4n) is 5.21. The summed E-state index contributed by atoms with van der Waals surface area (Å²) in [5.74, 6) is 2.03. The topological polar surface area (TPSA) is 40.5 Å². The number of carbonyl (C=O) groups is 1. The Morgan fingerprint density at radius 3 is 2.42 bits per heavy atom. The van der Waals surface area contributed by atoms with Crippen molar-refractivity contribution in [1.82, 2.24) is 4.90 Å². The average Bonchev–Trinajstić information content (AvgIpc) is 2.85. The molecule has 3 nitrogen and oxygen atoms in total. The molecule has 0 aromatic carbocycles. The molecule has 108 valence electrons. The fourth-order valence-corrected chi connectivity index (χ4v) is 5.21. The van der Waals surface area contributed by atoms with Crippen LogP contribution in [0, 0.1) is 23.7 Å². The second-order valence-corrected chi connectivity index (χ2v) is 7.41. The van der Waals surface area contributed by atoms with Gasteiger partial charge in [-0.25, -0.2) is 0 Å². The minimum absolute atomic E-state index is 0.185. The van der Waals surface area contributed by atoms with Gasteiger partial charge in [0.05, 0.1) is 0 Å². The lowest BCUT2D eigenvalue weighted by Crippen LogP contribution is -2.48. The predicted molar refractivity (Wildman–Crippen MR) is 74.9 cm³/mol. The highest BCUT2D eigenvalue weighted by Gasteiger charge is 2.50. The molecule has 3 rings (SSSR count). The van der Waals surface area contributed by atoms with Crippen molar-refractivity contribution in [2.75, 3.05) is 6.54 Å². The van der Waals surface area contributed by atoms with Crippen LogP contribution in [0.25, 0.3) is 0 Å². The highest BCUT2D eigenvalue weighted by atomic mass is 16.4. The molecule has 3 heteroatoms. The molecule has 5 unspecified atom stereocenters. The SMILES string of the molecule is CC1CC(C)CC(N2CC3CCCC3C2C(=O)O)C1. The standard InChI is InChI=1S/C16H27NO2/c1-10-6-11(2)8-13(7-10)17-9-12-4-3-5-14(12)15(17)16(18)19/h10-15H,3-9H2,1-2H3,(H,18,19). The van der Waals surface area contributed by atoms with Gasteiger partial charge in [-0.15, -0.1) is 0 Å². The van der Waals surface area contributed by atoms with Gasteiger partial charge >= 0.3 is 5.97 Å². The molecule has 0 amide bonds. The first-order valence-electron chi connectivity index (χ1n) is 8.04. The summed E-state index contributed by atoms with van der Waals surface area (Å²) >= 11 is 0. The molecule has 1 heterocycles. The Balaban J connectivity index is 1.77. The number of fused-ring (bicyclic) bond motifs is 1. The molecule has 2 aliphatic carbocycles. The van der Waals surface area contributed by atoms with E-state index in [1.54, 1.807) is 0 Å². The van der Waals surface area contributed by atoms with Crippen molar-refractivity contribution in [3.8, 4) is 0 Å². The molecule has 0 aromatic rings. The summed E-state index contributed by atoms with van der Waals surface area (Å²) < 4.78 is 0. The predicted octanol–water partition coefficient (Wildman–Crippen LogP) is 3.00. The van der Waals surface area contributed by atoms with Crippen molar-refractivity contribution < 1.29 is 9.90 Å². The molecule has 0 bridgehead atoms. The summed E-state index contributed by atoms with van der Waals surface area (Å²) in [4.78, 5) is 14.1. The van der Waals surface area contributed by atoms with E-state index >= 15 is 0 Å².